The van der Waals surface area contributed by atoms with Crippen LogP contribution in [0.2, 0.25) is 0 Å². The number of benzene rings is 2. The van der Waals surface area contributed by atoms with Crippen LogP contribution in [0.15, 0.2) is 41.3 Å². The zero-order valence-corrected chi connectivity index (χ0v) is 16.7. The van der Waals surface area contributed by atoms with E-state index in [1.165, 1.54) is 12.1 Å². The molecule has 0 spiro atoms. The molecule has 0 bridgehead atoms. The van der Waals surface area contributed by atoms with E-state index in [0.29, 0.717) is 23.3 Å². The van der Waals surface area contributed by atoms with Gasteiger partial charge in [-0.25, -0.2) is 39.5 Å². The first kappa shape index (κ1) is 22.3. The third-order valence-corrected chi connectivity index (χ3v) is 6.56. The first-order valence-electron chi connectivity index (χ1n) is 8.13. The molecule has 0 atom stereocenters. The van der Waals surface area contributed by atoms with Crippen LogP contribution < -0.4 is 9.44 Å². The van der Waals surface area contributed by atoms with Gasteiger partial charge in [-0.3, -0.25) is 0 Å². The van der Waals surface area contributed by atoms with E-state index in [0.717, 1.165) is 0 Å². The fourth-order valence-electron chi connectivity index (χ4n) is 2.44. The molecule has 0 unspecified atom stereocenters. The molecule has 2 N–H and O–H groups in total. The predicted octanol–water partition coefficient (Wildman–Crippen LogP) is 2.41. The Morgan fingerprint density at radius 1 is 0.893 bits per heavy atom. The number of hydrogen-bond acceptors (Lipinski definition) is 4. The van der Waals surface area contributed by atoms with Crippen molar-refractivity contribution in [3.8, 4) is 0 Å². The average molecular weight is 436 g/mol. The molecule has 0 radical (unpaired) electrons. The molecule has 28 heavy (non-hydrogen) atoms. The Morgan fingerprint density at radius 2 is 1.50 bits per heavy atom. The normalized spacial score (nSPS) is 12.5. The maximum atomic E-state index is 13.8. The minimum Gasteiger partial charge on any atom is -0.212 e. The van der Waals surface area contributed by atoms with Crippen LogP contribution in [-0.2, 0) is 32.3 Å². The summed E-state index contributed by atoms with van der Waals surface area (Å²) in [5, 5.41) is 0. The topological polar surface area (TPSA) is 92.3 Å². The Kier molecular flexibility index (Phi) is 6.86. The molecule has 0 amide bonds. The lowest BCUT2D eigenvalue weighted by Crippen LogP contribution is -2.32. The highest BCUT2D eigenvalue weighted by Crippen LogP contribution is 2.20. The molecule has 0 aliphatic heterocycles. The molecule has 2 rings (SSSR count). The molecule has 2 aromatic rings. The average Bonchev–Trinajstić information content (AvgIpc) is 2.57. The minimum atomic E-state index is -4.50. The Labute approximate surface area is 161 Å². The number of sulfonamides is 2. The number of halogens is 3. The number of rotatable bonds is 8. The lowest BCUT2D eigenvalue weighted by molar-refractivity contribution is 0.431. The Morgan fingerprint density at radius 3 is 2.11 bits per heavy atom. The minimum absolute atomic E-state index is 0.313. The molecule has 0 aliphatic rings. The lowest BCUT2D eigenvalue weighted by Gasteiger charge is -2.14. The molecule has 6 nitrogen and oxygen atoms in total. The number of nitrogens with one attached hydrogen (secondary N) is 2. The van der Waals surface area contributed by atoms with Gasteiger partial charge in [-0.05, 0) is 37.1 Å². The summed E-state index contributed by atoms with van der Waals surface area (Å²) < 4.78 is 93.4. The van der Waals surface area contributed by atoms with Crippen molar-refractivity contribution in [2.75, 3.05) is 0 Å². The molecular formula is C17H19F3N2O4S2. The van der Waals surface area contributed by atoms with Gasteiger partial charge in [0.05, 0.1) is 5.75 Å². The fraction of sp³-hybridized carbons (Fsp3) is 0.294. The quantitative estimate of drug-likeness (QED) is 0.622. The van der Waals surface area contributed by atoms with Crippen LogP contribution in [0.3, 0.4) is 0 Å². The van der Waals surface area contributed by atoms with Crippen LogP contribution in [0.25, 0.3) is 0 Å². The Bertz CT molecular complexity index is 1070. The van der Waals surface area contributed by atoms with Crippen molar-refractivity contribution in [1.29, 1.82) is 0 Å². The van der Waals surface area contributed by atoms with E-state index in [1.54, 1.807) is 26.0 Å². The van der Waals surface area contributed by atoms with Crippen LogP contribution in [-0.4, -0.2) is 22.9 Å². The van der Waals surface area contributed by atoms with Gasteiger partial charge in [-0.1, -0.05) is 24.3 Å². The number of hydrogen-bond donors (Lipinski definition) is 2. The molecule has 0 saturated carbocycles. The summed E-state index contributed by atoms with van der Waals surface area (Å²) in [6.45, 7) is 2.95. The van der Waals surface area contributed by atoms with Gasteiger partial charge in [-0.2, -0.15) is 0 Å². The first-order valence-corrected chi connectivity index (χ1v) is 11.3. The maximum absolute atomic E-state index is 13.8. The zero-order valence-electron chi connectivity index (χ0n) is 15.0. The van der Waals surface area contributed by atoms with Gasteiger partial charge >= 0.3 is 0 Å². The van der Waals surface area contributed by atoms with Crippen molar-refractivity contribution in [1.82, 2.24) is 9.44 Å². The standard InChI is InChI=1S/C17H19F3N2O4S2/c1-11(2)22-27(23,24)10-13-6-4-3-5-12(13)9-21-28(25,26)15-8-7-14(18)16(19)17(15)20/h3-8,11,21-22H,9-10H2,1-2H3. The Balaban J connectivity index is 2.25. The molecule has 2 aromatic carbocycles. The van der Waals surface area contributed by atoms with E-state index in [2.05, 4.69) is 9.44 Å². The van der Waals surface area contributed by atoms with Crippen molar-refractivity contribution < 1.29 is 30.0 Å². The van der Waals surface area contributed by atoms with E-state index in [9.17, 15) is 30.0 Å². The lowest BCUT2D eigenvalue weighted by atomic mass is 10.1. The predicted molar refractivity (Wildman–Crippen MR) is 97.7 cm³/mol. The monoisotopic (exact) mass is 436 g/mol. The van der Waals surface area contributed by atoms with Gasteiger partial charge < -0.3 is 0 Å². The summed E-state index contributed by atoms with van der Waals surface area (Å²) in [6, 6.07) is 6.99. The zero-order chi connectivity index (χ0) is 21.1. The Hall–Kier alpha value is -1.95. The molecule has 0 aromatic heterocycles. The van der Waals surface area contributed by atoms with Gasteiger partial charge in [0.1, 0.15) is 4.90 Å². The van der Waals surface area contributed by atoms with Gasteiger partial charge in [0.2, 0.25) is 20.0 Å². The van der Waals surface area contributed by atoms with E-state index >= 15 is 0 Å². The first-order chi connectivity index (χ1) is 12.9. The molecule has 0 fully saturated rings. The molecule has 11 heteroatoms. The third kappa shape index (κ3) is 5.53. The van der Waals surface area contributed by atoms with E-state index in [-0.39, 0.29) is 18.3 Å². The second-order valence-electron chi connectivity index (χ2n) is 6.30. The smallest absolute Gasteiger partial charge is 0.212 e. The largest absolute Gasteiger partial charge is 0.243 e. The van der Waals surface area contributed by atoms with Crippen LogP contribution in [0.1, 0.15) is 25.0 Å². The fourth-order valence-corrected chi connectivity index (χ4v) is 5.01. The molecule has 154 valence electrons. The summed E-state index contributed by atoms with van der Waals surface area (Å²) in [5.74, 6) is -5.62. The van der Waals surface area contributed by atoms with Gasteiger partial charge in [0, 0.05) is 12.6 Å². The summed E-state index contributed by atoms with van der Waals surface area (Å²) in [7, 11) is -8.16. The highest BCUT2D eigenvalue weighted by atomic mass is 32.2. The van der Waals surface area contributed by atoms with Gasteiger partial charge in [0.15, 0.2) is 17.5 Å². The van der Waals surface area contributed by atoms with E-state index < -0.39 is 42.4 Å². The second-order valence-corrected chi connectivity index (χ2v) is 9.79. The van der Waals surface area contributed by atoms with Crippen molar-refractivity contribution in [3.63, 3.8) is 0 Å². The SMILES string of the molecule is CC(C)NS(=O)(=O)Cc1ccccc1CNS(=O)(=O)c1ccc(F)c(F)c1F. The summed E-state index contributed by atoms with van der Waals surface area (Å²) in [5.41, 5.74) is 0.673. The maximum Gasteiger partial charge on any atom is 0.243 e. The van der Waals surface area contributed by atoms with Crippen LogP contribution in [0.5, 0.6) is 0 Å². The summed E-state index contributed by atoms with van der Waals surface area (Å²) in [6.07, 6.45) is 0. The van der Waals surface area contributed by atoms with E-state index in [4.69, 9.17) is 0 Å². The molecule has 0 aliphatic carbocycles. The highest BCUT2D eigenvalue weighted by Gasteiger charge is 2.24. The van der Waals surface area contributed by atoms with Gasteiger partial charge in [0.25, 0.3) is 0 Å². The van der Waals surface area contributed by atoms with Crippen molar-refractivity contribution in [2.24, 2.45) is 0 Å². The molecule has 0 heterocycles. The molecule has 0 saturated heterocycles. The summed E-state index contributed by atoms with van der Waals surface area (Å²) >= 11 is 0. The van der Waals surface area contributed by atoms with E-state index in [1.807, 2.05) is 0 Å². The van der Waals surface area contributed by atoms with Crippen molar-refractivity contribution in [2.45, 2.75) is 37.1 Å². The molecular weight excluding hydrogens is 417 g/mol. The van der Waals surface area contributed by atoms with Crippen molar-refractivity contribution >= 4 is 20.0 Å². The second kappa shape index (κ2) is 8.60. The van der Waals surface area contributed by atoms with Crippen LogP contribution in [0, 0.1) is 17.5 Å². The highest BCUT2D eigenvalue weighted by molar-refractivity contribution is 7.89. The van der Waals surface area contributed by atoms with Crippen LogP contribution >= 0.6 is 0 Å². The van der Waals surface area contributed by atoms with Crippen LogP contribution in [0.4, 0.5) is 13.2 Å². The van der Waals surface area contributed by atoms with Crippen molar-refractivity contribution in [3.05, 3.63) is 65.0 Å². The third-order valence-electron chi connectivity index (χ3n) is 3.62. The van der Waals surface area contributed by atoms with Gasteiger partial charge in [-0.15, -0.1) is 0 Å². The summed E-state index contributed by atoms with van der Waals surface area (Å²) in [4.78, 5) is -1.04.